The zero-order valence-corrected chi connectivity index (χ0v) is 8.98. The Kier molecular flexibility index (Phi) is 6.82. The van der Waals surface area contributed by atoms with Crippen LogP contribution in [0.2, 0.25) is 0 Å². The minimum atomic E-state index is -0.540. The Labute approximate surface area is 86.6 Å². The second-order valence-electron chi connectivity index (χ2n) is 2.46. The molecule has 0 bridgehead atoms. The number of carbonyl (C=O) groups is 3. The summed E-state index contributed by atoms with van der Waals surface area (Å²) in [6, 6.07) is 0. The van der Waals surface area contributed by atoms with Crippen molar-refractivity contribution in [2.75, 3.05) is 19.4 Å². The van der Waals surface area contributed by atoms with E-state index in [1.165, 1.54) is 14.0 Å². The molecule has 5 nitrogen and oxygen atoms in total. The van der Waals surface area contributed by atoms with Crippen molar-refractivity contribution in [2.45, 2.75) is 13.3 Å². The molecule has 0 aliphatic heterocycles. The lowest BCUT2D eigenvalue weighted by molar-refractivity contribution is -0.142. The largest absolute Gasteiger partial charge is 0.469 e. The van der Waals surface area contributed by atoms with Crippen LogP contribution in [0.1, 0.15) is 13.3 Å². The number of rotatable bonds is 5. The highest BCUT2D eigenvalue weighted by Gasteiger charge is 2.09. The number of carbonyl (C=O) groups excluding carboxylic acids is 3. The van der Waals surface area contributed by atoms with Gasteiger partial charge in [0.05, 0.1) is 7.11 Å². The first kappa shape index (κ1) is 13.0. The number of esters is 1. The maximum absolute atomic E-state index is 11.0. The summed E-state index contributed by atoms with van der Waals surface area (Å²) in [7, 11) is 1.23. The molecular formula is C8H13NO4S. The lowest BCUT2D eigenvalue weighted by atomic mass is 10.5. The molecule has 80 valence electrons. The second-order valence-corrected chi connectivity index (χ2v) is 3.61. The molecule has 0 aromatic heterocycles. The van der Waals surface area contributed by atoms with Crippen molar-refractivity contribution in [3.63, 3.8) is 0 Å². The van der Waals surface area contributed by atoms with Gasteiger partial charge in [-0.1, -0.05) is 11.8 Å². The monoisotopic (exact) mass is 219 g/mol. The smallest absolute Gasteiger partial charge is 0.313 e. The summed E-state index contributed by atoms with van der Waals surface area (Å²) in [4.78, 5) is 32.1. The van der Waals surface area contributed by atoms with E-state index in [4.69, 9.17) is 0 Å². The van der Waals surface area contributed by atoms with Crippen LogP contribution in [0, 0.1) is 0 Å². The first-order valence-corrected chi connectivity index (χ1v) is 5.01. The Morgan fingerprint density at radius 3 is 2.50 bits per heavy atom. The molecule has 0 aromatic rings. The lowest BCUT2D eigenvalue weighted by Crippen LogP contribution is -2.23. The van der Waals surface area contributed by atoms with Gasteiger partial charge in [0.2, 0.25) is 5.91 Å². The number of hydrogen-bond acceptors (Lipinski definition) is 5. The van der Waals surface area contributed by atoms with Gasteiger partial charge >= 0.3 is 5.97 Å². The molecular weight excluding hydrogens is 206 g/mol. The Bertz CT molecular complexity index is 229. The fraction of sp³-hybridized carbons (Fsp3) is 0.625. The molecule has 6 heteroatoms. The maximum atomic E-state index is 11.0. The van der Waals surface area contributed by atoms with Gasteiger partial charge in [-0.2, -0.15) is 0 Å². The molecule has 1 N–H and O–H groups in total. The number of thioether (sulfide) groups is 1. The third-order valence-electron chi connectivity index (χ3n) is 1.26. The standard InChI is InChI=1S/C8H13NO4S/c1-6(10)9-3-4-14-8(12)5-7(11)13-2/h3-5H2,1-2H3,(H,9,10). The van der Waals surface area contributed by atoms with Gasteiger partial charge in [-0.05, 0) is 0 Å². The van der Waals surface area contributed by atoms with Crippen LogP contribution in [0.15, 0.2) is 0 Å². The molecule has 14 heavy (non-hydrogen) atoms. The van der Waals surface area contributed by atoms with E-state index in [-0.39, 0.29) is 17.4 Å². The minimum Gasteiger partial charge on any atom is -0.469 e. The van der Waals surface area contributed by atoms with E-state index >= 15 is 0 Å². The molecule has 0 aromatic carbocycles. The Hall–Kier alpha value is -1.04. The molecule has 1 amide bonds. The summed E-state index contributed by atoms with van der Waals surface area (Å²) in [5.41, 5.74) is 0. The molecule has 0 aliphatic rings. The quantitative estimate of drug-likeness (QED) is 0.398. The van der Waals surface area contributed by atoms with Gasteiger partial charge < -0.3 is 10.1 Å². The van der Waals surface area contributed by atoms with Gasteiger partial charge in [-0.15, -0.1) is 0 Å². The zero-order chi connectivity index (χ0) is 11.0. The van der Waals surface area contributed by atoms with Gasteiger partial charge in [-0.25, -0.2) is 0 Å². The van der Waals surface area contributed by atoms with E-state index in [0.717, 1.165) is 11.8 Å². The van der Waals surface area contributed by atoms with Crippen LogP contribution in [0.4, 0.5) is 0 Å². The molecule has 0 saturated heterocycles. The van der Waals surface area contributed by atoms with E-state index in [1.54, 1.807) is 0 Å². The molecule has 0 radical (unpaired) electrons. The Morgan fingerprint density at radius 1 is 1.36 bits per heavy atom. The molecule has 0 saturated carbocycles. The second kappa shape index (κ2) is 7.37. The normalized spacial score (nSPS) is 9.29. The van der Waals surface area contributed by atoms with Crippen LogP contribution < -0.4 is 5.32 Å². The van der Waals surface area contributed by atoms with Gasteiger partial charge in [-0.3, -0.25) is 14.4 Å². The maximum Gasteiger partial charge on any atom is 0.313 e. The molecule has 0 atom stereocenters. The molecule has 0 fully saturated rings. The lowest BCUT2D eigenvalue weighted by Gasteiger charge is -2.00. The van der Waals surface area contributed by atoms with Crippen LogP contribution in [-0.2, 0) is 19.1 Å². The summed E-state index contributed by atoms with van der Waals surface area (Å²) in [6.45, 7) is 1.83. The summed E-state index contributed by atoms with van der Waals surface area (Å²) >= 11 is 1.01. The molecule has 0 spiro atoms. The number of hydrogen-bond donors (Lipinski definition) is 1. The predicted molar refractivity (Wildman–Crippen MR) is 52.8 cm³/mol. The highest BCUT2D eigenvalue weighted by atomic mass is 32.2. The third-order valence-corrected chi connectivity index (χ3v) is 2.13. The van der Waals surface area contributed by atoms with Crippen LogP contribution in [-0.4, -0.2) is 36.4 Å². The summed E-state index contributed by atoms with van der Waals surface area (Å²) in [5.74, 6) is -0.205. The summed E-state index contributed by atoms with van der Waals surface area (Å²) in [5, 5.41) is 2.29. The Morgan fingerprint density at radius 2 is 2.00 bits per heavy atom. The average Bonchev–Trinajstić information content (AvgIpc) is 2.12. The molecule has 0 unspecified atom stereocenters. The SMILES string of the molecule is COC(=O)CC(=O)SCCNC(C)=O. The van der Waals surface area contributed by atoms with Gasteiger partial charge in [0, 0.05) is 19.2 Å². The number of ether oxygens (including phenoxy) is 1. The Balaban J connectivity index is 3.45. The number of nitrogens with one attached hydrogen (secondary N) is 1. The fourth-order valence-corrected chi connectivity index (χ4v) is 1.28. The van der Waals surface area contributed by atoms with E-state index in [9.17, 15) is 14.4 Å². The number of methoxy groups -OCH3 is 1. The highest BCUT2D eigenvalue weighted by molar-refractivity contribution is 8.13. The molecule has 0 heterocycles. The summed E-state index contributed by atoms with van der Waals surface area (Å²) in [6.07, 6.45) is -0.221. The minimum absolute atomic E-state index is 0.133. The van der Waals surface area contributed by atoms with E-state index in [0.29, 0.717) is 12.3 Å². The first-order chi connectivity index (χ1) is 6.56. The average molecular weight is 219 g/mol. The topological polar surface area (TPSA) is 72.5 Å². The van der Waals surface area contributed by atoms with Crippen molar-refractivity contribution in [1.82, 2.24) is 5.32 Å². The van der Waals surface area contributed by atoms with Crippen molar-refractivity contribution >= 4 is 28.8 Å². The van der Waals surface area contributed by atoms with E-state index < -0.39 is 5.97 Å². The highest BCUT2D eigenvalue weighted by Crippen LogP contribution is 2.04. The van der Waals surface area contributed by atoms with Crippen molar-refractivity contribution in [3.05, 3.63) is 0 Å². The van der Waals surface area contributed by atoms with Gasteiger partial charge in [0.15, 0.2) is 5.12 Å². The van der Waals surface area contributed by atoms with E-state index in [1.807, 2.05) is 0 Å². The van der Waals surface area contributed by atoms with Crippen LogP contribution in [0.5, 0.6) is 0 Å². The van der Waals surface area contributed by atoms with E-state index in [2.05, 4.69) is 10.1 Å². The zero-order valence-electron chi connectivity index (χ0n) is 8.16. The van der Waals surface area contributed by atoms with Crippen LogP contribution in [0.3, 0.4) is 0 Å². The van der Waals surface area contributed by atoms with Crippen LogP contribution in [0.25, 0.3) is 0 Å². The number of amides is 1. The predicted octanol–water partition coefficient (Wildman–Crippen LogP) is -0.0546. The van der Waals surface area contributed by atoms with Gasteiger partial charge in [0.1, 0.15) is 6.42 Å². The summed E-state index contributed by atoms with van der Waals surface area (Å²) < 4.78 is 4.32. The first-order valence-electron chi connectivity index (χ1n) is 4.03. The third kappa shape index (κ3) is 7.60. The van der Waals surface area contributed by atoms with Crippen molar-refractivity contribution < 1.29 is 19.1 Å². The van der Waals surface area contributed by atoms with Crippen molar-refractivity contribution in [2.24, 2.45) is 0 Å². The molecule has 0 rings (SSSR count). The van der Waals surface area contributed by atoms with Crippen molar-refractivity contribution in [1.29, 1.82) is 0 Å². The molecule has 0 aliphatic carbocycles. The fourth-order valence-electron chi connectivity index (χ4n) is 0.633. The van der Waals surface area contributed by atoms with Gasteiger partial charge in [0.25, 0.3) is 0 Å². The van der Waals surface area contributed by atoms with Crippen molar-refractivity contribution in [3.8, 4) is 0 Å². The van der Waals surface area contributed by atoms with Crippen LogP contribution >= 0.6 is 11.8 Å².